The Morgan fingerprint density at radius 2 is 1.84 bits per heavy atom. The molecule has 2 aromatic carbocycles. The highest BCUT2D eigenvalue weighted by Crippen LogP contribution is 2.20. The summed E-state index contributed by atoms with van der Waals surface area (Å²) in [4.78, 5) is 0. The van der Waals surface area contributed by atoms with Gasteiger partial charge in [-0.15, -0.1) is 0 Å². The van der Waals surface area contributed by atoms with Crippen molar-refractivity contribution in [1.29, 1.82) is 0 Å². The van der Waals surface area contributed by atoms with Crippen LogP contribution in [0.2, 0.25) is 5.02 Å². The second-order valence-corrected chi connectivity index (χ2v) is 6.25. The number of benzene rings is 2. The second-order valence-electron chi connectivity index (χ2n) is 4.89. The predicted molar refractivity (Wildman–Crippen MR) is 87.1 cm³/mol. The highest BCUT2D eigenvalue weighted by molar-refractivity contribution is 9.10. The van der Waals surface area contributed by atoms with Crippen LogP contribution in [0.4, 0.5) is 5.69 Å². The van der Waals surface area contributed by atoms with Crippen LogP contribution in [0.5, 0.6) is 0 Å². The molecule has 0 heterocycles. The average Bonchev–Trinajstić information content (AvgIpc) is 2.30. The lowest BCUT2D eigenvalue weighted by atomic mass is 10.1. The van der Waals surface area contributed by atoms with Crippen LogP contribution in [0, 0.1) is 6.92 Å². The zero-order valence-corrected chi connectivity index (χ0v) is 13.4. The molecule has 0 bridgehead atoms. The molecule has 2 aromatic rings. The highest BCUT2D eigenvalue weighted by atomic mass is 79.9. The van der Waals surface area contributed by atoms with Gasteiger partial charge in [0.05, 0.1) is 0 Å². The van der Waals surface area contributed by atoms with Crippen LogP contribution in [0.25, 0.3) is 0 Å². The molecular formula is C16H17BrClN. The van der Waals surface area contributed by atoms with Gasteiger partial charge in [-0.25, -0.2) is 0 Å². The van der Waals surface area contributed by atoms with Gasteiger partial charge in [0.25, 0.3) is 0 Å². The third-order valence-electron chi connectivity index (χ3n) is 2.91. The molecule has 0 aliphatic heterocycles. The molecule has 19 heavy (non-hydrogen) atoms. The Kier molecular flexibility index (Phi) is 4.89. The van der Waals surface area contributed by atoms with Crippen LogP contribution < -0.4 is 5.32 Å². The van der Waals surface area contributed by atoms with Crippen LogP contribution >= 0.6 is 27.5 Å². The van der Waals surface area contributed by atoms with Crippen molar-refractivity contribution in [2.45, 2.75) is 26.3 Å². The standard InChI is InChI=1S/C16H17BrClN/c1-11-7-14(17)10-16(8-11)19-12(2)9-13-3-5-15(18)6-4-13/h3-8,10,12,19H,9H2,1-2H3. The summed E-state index contributed by atoms with van der Waals surface area (Å²) in [6.07, 6.45) is 0.975. The van der Waals surface area contributed by atoms with Gasteiger partial charge in [0.2, 0.25) is 0 Å². The fourth-order valence-electron chi connectivity index (χ4n) is 2.13. The molecule has 1 unspecified atom stereocenters. The number of hydrogen-bond donors (Lipinski definition) is 1. The Labute approximate surface area is 128 Å². The molecular weight excluding hydrogens is 322 g/mol. The summed E-state index contributed by atoms with van der Waals surface area (Å²) in [6, 6.07) is 14.8. The zero-order chi connectivity index (χ0) is 13.8. The van der Waals surface area contributed by atoms with Gasteiger partial charge in [-0.1, -0.05) is 39.7 Å². The quantitative estimate of drug-likeness (QED) is 0.781. The van der Waals surface area contributed by atoms with Crippen molar-refractivity contribution in [3.8, 4) is 0 Å². The van der Waals surface area contributed by atoms with Crippen LogP contribution in [0.3, 0.4) is 0 Å². The minimum absolute atomic E-state index is 0.370. The van der Waals surface area contributed by atoms with Gasteiger partial charge in [-0.2, -0.15) is 0 Å². The highest BCUT2D eigenvalue weighted by Gasteiger charge is 2.05. The van der Waals surface area contributed by atoms with Crippen molar-refractivity contribution in [2.24, 2.45) is 0 Å². The third kappa shape index (κ3) is 4.55. The van der Waals surface area contributed by atoms with E-state index in [0.29, 0.717) is 6.04 Å². The fourth-order valence-corrected chi connectivity index (χ4v) is 2.86. The number of anilines is 1. The molecule has 0 spiro atoms. The monoisotopic (exact) mass is 337 g/mol. The lowest BCUT2D eigenvalue weighted by Crippen LogP contribution is -2.18. The molecule has 2 rings (SSSR count). The van der Waals surface area contributed by atoms with Gasteiger partial charge in [-0.05, 0) is 61.7 Å². The topological polar surface area (TPSA) is 12.0 Å². The van der Waals surface area contributed by atoms with Gasteiger partial charge in [0.1, 0.15) is 0 Å². The molecule has 0 aromatic heterocycles. The normalized spacial score (nSPS) is 12.2. The summed E-state index contributed by atoms with van der Waals surface area (Å²) in [5.41, 5.74) is 3.68. The van der Waals surface area contributed by atoms with E-state index in [-0.39, 0.29) is 0 Å². The maximum Gasteiger partial charge on any atom is 0.0406 e. The molecule has 1 nitrogen and oxygen atoms in total. The average molecular weight is 339 g/mol. The molecule has 1 N–H and O–H groups in total. The number of aryl methyl sites for hydroxylation is 1. The molecule has 3 heteroatoms. The summed E-state index contributed by atoms with van der Waals surface area (Å²) < 4.78 is 1.11. The van der Waals surface area contributed by atoms with Crippen molar-refractivity contribution < 1.29 is 0 Å². The Morgan fingerprint density at radius 1 is 1.16 bits per heavy atom. The van der Waals surface area contributed by atoms with Gasteiger partial charge in [0, 0.05) is 21.2 Å². The van der Waals surface area contributed by atoms with E-state index in [1.54, 1.807) is 0 Å². The molecule has 0 radical (unpaired) electrons. The molecule has 0 aliphatic rings. The SMILES string of the molecule is Cc1cc(Br)cc(NC(C)Cc2ccc(Cl)cc2)c1. The second kappa shape index (κ2) is 6.44. The first-order chi connectivity index (χ1) is 9.02. The minimum atomic E-state index is 0.370. The van der Waals surface area contributed by atoms with E-state index in [4.69, 9.17) is 11.6 Å². The van der Waals surface area contributed by atoms with Crippen LogP contribution in [-0.2, 0) is 6.42 Å². The van der Waals surface area contributed by atoms with E-state index in [9.17, 15) is 0 Å². The van der Waals surface area contributed by atoms with E-state index >= 15 is 0 Å². The molecule has 0 fully saturated rings. The molecule has 0 amide bonds. The van der Waals surface area contributed by atoms with Gasteiger partial charge < -0.3 is 5.32 Å². The minimum Gasteiger partial charge on any atom is -0.382 e. The van der Waals surface area contributed by atoms with Crippen molar-refractivity contribution in [3.63, 3.8) is 0 Å². The van der Waals surface area contributed by atoms with Crippen molar-refractivity contribution in [1.82, 2.24) is 0 Å². The first-order valence-electron chi connectivity index (χ1n) is 6.31. The summed E-state index contributed by atoms with van der Waals surface area (Å²) in [5, 5.41) is 4.31. The van der Waals surface area contributed by atoms with Crippen molar-refractivity contribution >= 4 is 33.2 Å². The van der Waals surface area contributed by atoms with Crippen LogP contribution in [0.1, 0.15) is 18.1 Å². The first-order valence-corrected chi connectivity index (χ1v) is 7.48. The van der Waals surface area contributed by atoms with E-state index in [1.165, 1.54) is 11.1 Å². The van der Waals surface area contributed by atoms with E-state index in [0.717, 1.165) is 21.6 Å². The largest absolute Gasteiger partial charge is 0.382 e. The summed E-state index contributed by atoms with van der Waals surface area (Å²) in [5.74, 6) is 0. The maximum absolute atomic E-state index is 5.89. The zero-order valence-electron chi connectivity index (χ0n) is 11.1. The van der Waals surface area contributed by atoms with E-state index in [2.05, 4.69) is 65.4 Å². The van der Waals surface area contributed by atoms with E-state index < -0.39 is 0 Å². The van der Waals surface area contributed by atoms with Crippen molar-refractivity contribution in [2.75, 3.05) is 5.32 Å². The Morgan fingerprint density at radius 3 is 2.47 bits per heavy atom. The van der Waals surface area contributed by atoms with Gasteiger partial charge >= 0.3 is 0 Å². The van der Waals surface area contributed by atoms with E-state index in [1.807, 2.05) is 12.1 Å². The van der Waals surface area contributed by atoms with Crippen LogP contribution in [0.15, 0.2) is 46.9 Å². The van der Waals surface area contributed by atoms with Crippen LogP contribution in [-0.4, -0.2) is 6.04 Å². The Hall–Kier alpha value is -0.990. The number of halogens is 2. The van der Waals surface area contributed by atoms with Gasteiger partial charge in [-0.3, -0.25) is 0 Å². The predicted octanol–water partition coefficient (Wildman–Crippen LogP) is 5.45. The van der Waals surface area contributed by atoms with Crippen molar-refractivity contribution in [3.05, 3.63) is 63.1 Å². The molecule has 0 aliphatic carbocycles. The first kappa shape index (κ1) is 14.4. The number of hydrogen-bond acceptors (Lipinski definition) is 1. The molecule has 100 valence electrons. The Balaban J connectivity index is 2.00. The number of rotatable bonds is 4. The van der Waals surface area contributed by atoms with Gasteiger partial charge in [0.15, 0.2) is 0 Å². The molecule has 1 atom stereocenters. The maximum atomic E-state index is 5.89. The Bertz CT molecular complexity index is 531. The molecule has 0 saturated heterocycles. The third-order valence-corrected chi connectivity index (χ3v) is 3.62. The lowest BCUT2D eigenvalue weighted by Gasteiger charge is -2.16. The summed E-state index contributed by atoms with van der Waals surface area (Å²) >= 11 is 9.42. The summed E-state index contributed by atoms with van der Waals surface area (Å²) in [6.45, 7) is 4.28. The molecule has 0 saturated carbocycles. The smallest absolute Gasteiger partial charge is 0.0406 e. The fraction of sp³-hybridized carbons (Fsp3) is 0.250. The summed E-state index contributed by atoms with van der Waals surface area (Å²) in [7, 11) is 0. The lowest BCUT2D eigenvalue weighted by molar-refractivity contribution is 0.790. The number of nitrogens with one attached hydrogen (secondary N) is 1.